The van der Waals surface area contributed by atoms with Crippen molar-refractivity contribution in [2.45, 2.75) is 6.18 Å². The number of methoxy groups -OCH3 is 1. The van der Waals surface area contributed by atoms with Gasteiger partial charge < -0.3 is 4.74 Å². The van der Waals surface area contributed by atoms with Crippen molar-refractivity contribution in [3.8, 4) is 17.0 Å². The van der Waals surface area contributed by atoms with Gasteiger partial charge in [0.1, 0.15) is 5.75 Å². The Morgan fingerprint density at radius 2 is 1.96 bits per heavy atom. The first-order valence-corrected chi connectivity index (χ1v) is 8.40. The molecule has 0 aliphatic heterocycles. The number of nitrogens with zero attached hydrogens (tertiary/aromatic N) is 2. The van der Waals surface area contributed by atoms with Crippen LogP contribution in [0.4, 0.5) is 18.3 Å². The smallest absolute Gasteiger partial charge is 0.416 e. The molecule has 4 nitrogen and oxygen atoms in total. The second kappa shape index (κ2) is 7.57. The third kappa shape index (κ3) is 4.40. The van der Waals surface area contributed by atoms with Crippen molar-refractivity contribution in [3.63, 3.8) is 0 Å². The fourth-order valence-electron chi connectivity index (χ4n) is 2.20. The second-order valence-electron chi connectivity index (χ2n) is 5.26. The molecule has 1 heterocycles. The number of aromatic nitrogens is 1. The Kier molecular flexibility index (Phi) is 5.22. The van der Waals surface area contributed by atoms with E-state index in [2.05, 4.69) is 15.5 Å². The molecule has 1 N–H and O–H groups in total. The molecule has 0 amide bonds. The first-order valence-electron chi connectivity index (χ1n) is 7.52. The highest BCUT2D eigenvalue weighted by Gasteiger charge is 2.30. The lowest BCUT2D eigenvalue weighted by Crippen LogP contribution is -2.05. The minimum atomic E-state index is -4.38. The molecule has 26 heavy (non-hydrogen) atoms. The molecule has 2 aromatic carbocycles. The maximum atomic E-state index is 12.7. The summed E-state index contributed by atoms with van der Waals surface area (Å²) in [5, 5.41) is 6.35. The number of hydrazone groups is 1. The predicted molar refractivity (Wildman–Crippen MR) is 96.8 cm³/mol. The Hall–Kier alpha value is -2.87. The number of ether oxygens (including phenoxy) is 1. The van der Waals surface area contributed by atoms with Gasteiger partial charge in [-0.25, -0.2) is 4.98 Å². The minimum Gasteiger partial charge on any atom is -0.497 e. The van der Waals surface area contributed by atoms with E-state index in [4.69, 9.17) is 4.74 Å². The molecule has 0 bridgehead atoms. The fraction of sp³-hybridized carbons (Fsp3) is 0.111. The van der Waals surface area contributed by atoms with Crippen molar-refractivity contribution >= 4 is 22.7 Å². The number of hydrogen-bond donors (Lipinski definition) is 1. The van der Waals surface area contributed by atoms with E-state index in [-0.39, 0.29) is 0 Å². The van der Waals surface area contributed by atoms with Gasteiger partial charge in [-0.2, -0.15) is 18.3 Å². The zero-order valence-electron chi connectivity index (χ0n) is 13.6. The average molecular weight is 377 g/mol. The van der Waals surface area contributed by atoms with Crippen LogP contribution in [0.15, 0.2) is 59.0 Å². The van der Waals surface area contributed by atoms with Crippen molar-refractivity contribution in [2.75, 3.05) is 12.5 Å². The van der Waals surface area contributed by atoms with Crippen LogP contribution >= 0.6 is 11.3 Å². The maximum absolute atomic E-state index is 12.7. The predicted octanol–water partition coefficient (Wildman–Crippen LogP) is 5.28. The van der Waals surface area contributed by atoms with Crippen molar-refractivity contribution in [1.29, 1.82) is 0 Å². The van der Waals surface area contributed by atoms with E-state index < -0.39 is 11.7 Å². The van der Waals surface area contributed by atoms with Crippen LogP contribution in [0.3, 0.4) is 0 Å². The number of anilines is 1. The van der Waals surface area contributed by atoms with Crippen LogP contribution in [0.2, 0.25) is 0 Å². The van der Waals surface area contributed by atoms with E-state index in [1.165, 1.54) is 23.6 Å². The summed E-state index contributed by atoms with van der Waals surface area (Å²) in [4.78, 5) is 4.40. The number of hydrogen-bond acceptors (Lipinski definition) is 5. The topological polar surface area (TPSA) is 46.5 Å². The van der Waals surface area contributed by atoms with E-state index >= 15 is 0 Å². The normalized spacial score (nSPS) is 11.7. The Bertz CT molecular complexity index is 922. The van der Waals surface area contributed by atoms with Crippen molar-refractivity contribution in [3.05, 3.63) is 65.0 Å². The van der Waals surface area contributed by atoms with Gasteiger partial charge in [-0.15, -0.1) is 11.3 Å². The van der Waals surface area contributed by atoms with Gasteiger partial charge in [0.15, 0.2) is 0 Å². The molecule has 8 heteroatoms. The zero-order valence-corrected chi connectivity index (χ0v) is 14.4. The van der Waals surface area contributed by atoms with Crippen LogP contribution in [0.25, 0.3) is 11.3 Å². The van der Waals surface area contributed by atoms with E-state index in [0.717, 1.165) is 29.1 Å². The molecule has 3 rings (SSSR count). The molecule has 0 atom stereocenters. The third-order valence-electron chi connectivity index (χ3n) is 3.46. The van der Waals surface area contributed by atoms with Gasteiger partial charge >= 0.3 is 6.18 Å². The molecule has 1 aromatic heterocycles. The van der Waals surface area contributed by atoms with Crippen LogP contribution in [0.1, 0.15) is 11.1 Å². The number of thiazole rings is 1. The first kappa shape index (κ1) is 17.9. The number of alkyl halides is 3. The monoisotopic (exact) mass is 377 g/mol. The van der Waals surface area contributed by atoms with Gasteiger partial charge in [0.2, 0.25) is 5.13 Å². The summed E-state index contributed by atoms with van der Waals surface area (Å²) in [6, 6.07) is 12.4. The molecule has 0 aliphatic rings. The standard InChI is InChI=1S/C18H14F3N3OS/c1-25-15-7-3-5-13(9-15)16-11-26-17(23-16)24-22-10-12-4-2-6-14(8-12)18(19,20)21/h2-11H,1H3,(H,23,24)/b22-10-. The summed E-state index contributed by atoms with van der Waals surface area (Å²) in [7, 11) is 1.59. The SMILES string of the molecule is COc1cccc(-c2csc(N/N=C\c3cccc(C(F)(F)F)c3)n2)c1. The number of rotatable bonds is 5. The summed E-state index contributed by atoms with van der Waals surface area (Å²) in [5.41, 5.74) is 4.02. The van der Waals surface area contributed by atoms with Gasteiger partial charge in [0.25, 0.3) is 0 Å². The number of halogens is 3. The minimum absolute atomic E-state index is 0.344. The highest BCUT2D eigenvalue weighted by molar-refractivity contribution is 7.14. The van der Waals surface area contributed by atoms with Crippen molar-refractivity contribution in [2.24, 2.45) is 5.10 Å². The molecular formula is C18H14F3N3OS. The summed E-state index contributed by atoms with van der Waals surface area (Å²) in [5.74, 6) is 0.729. The molecule has 0 saturated carbocycles. The van der Waals surface area contributed by atoms with Crippen LogP contribution in [0.5, 0.6) is 5.75 Å². The molecule has 134 valence electrons. The molecule has 0 aliphatic carbocycles. The Morgan fingerprint density at radius 1 is 1.15 bits per heavy atom. The van der Waals surface area contributed by atoms with Crippen LogP contribution in [-0.4, -0.2) is 18.3 Å². The summed E-state index contributed by atoms with van der Waals surface area (Å²) >= 11 is 1.34. The summed E-state index contributed by atoms with van der Waals surface area (Å²) < 4.78 is 43.3. The van der Waals surface area contributed by atoms with Crippen molar-refractivity contribution < 1.29 is 17.9 Å². The van der Waals surface area contributed by atoms with Crippen LogP contribution < -0.4 is 10.2 Å². The number of nitrogens with one attached hydrogen (secondary N) is 1. The van der Waals surface area contributed by atoms with Crippen LogP contribution in [0, 0.1) is 0 Å². The quantitative estimate of drug-likeness (QED) is 0.486. The van der Waals surface area contributed by atoms with E-state index in [1.54, 1.807) is 13.2 Å². The van der Waals surface area contributed by atoms with Gasteiger partial charge in [-0.05, 0) is 29.8 Å². The van der Waals surface area contributed by atoms with Crippen LogP contribution in [-0.2, 0) is 6.18 Å². The lowest BCUT2D eigenvalue weighted by atomic mass is 10.1. The van der Waals surface area contributed by atoms with Gasteiger partial charge in [-0.1, -0.05) is 24.3 Å². The second-order valence-corrected chi connectivity index (χ2v) is 6.12. The highest BCUT2D eigenvalue weighted by Crippen LogP contribution is 2.29. The summed E-state index contributed by atoms with van der Waals surface area (Å²) in [6.45, 7) is 0. The largest absolute Gasteiger partial charge is 0.497 e. The van der Waals surface area contributed by atoms with Crippen molar-refractivity contribution in [1.82, 2.24) is 4.98 Å². The lowest BCUT2D eigenvalue weighted by Gasteiger charge is -2.06. The first-order chi connectivity index (χ1) is 12.5. The molecule has 0 saturated heterocycles. The maximum Gasteiger partial charge on any atom is 0.416 e. The Morgan fingerprint density at radius 3 is 2.73 bits per heavy atom. The molecule has 0 radical (unpaired) electrons. The fourth-order valence-corrected chi connectivity index (χ4v) is 2.87. The highest BCUT2D eigenvalue weighted by atomic mass is 32.1. The van der Waals surface area contributed by atoms with Gasteiger partial charge in [0.05, 0.1) is 24.6 Å². The molecule has 3 aromatic rings. The van der Waals surface area contributed by atoms with Gasteiger partial charge in [0, 0.05) is 10.9 Å². The molecule has 0 unspecified atom stereocenters. The Labute approximate surface area is 152 Å². The van der Waals surface area contributed by atoms with Gasteiger partial charge in [-0.3, -0.25) is 5.43 Å². The summed E-state index contributed by atoms with van der Waals surface area (Å²) in [6.07, 6.45) is -3.06. The van der Waals surface area contributed by atoms with E-state index in [0.29, 0.717) is 10.7 Å². The molecule has 0 spiro atoms. The van der Waals surface area contributed by atoms with E-state index in [1.807, 2.05) is 29.6 Å². The van der Waals surface area contributed by atoms with E-state index in [9.17, 15) is 13.2 Å². The third-order valence-corrected chi connectivity index (χ3v) is 4.20. The average Bonchev–Trinajstić information content (AvgIpc) is 3.10. The molecular weight excluding hydrogens is 363 g/mol. The lowest BCUT2D eigenvalue weighted by molar-refractivity contribution is -0.137. The zero-order chi connectivity index (χ0) is 18.6. The Balaban J connectivity index is 1.69. The molecule has 0 fully saturated rings. The number of benzene rings is 2.